The van der Waals surface area contributed by atoms with Crippen LogP contribution in [-0.2, 0) is 6.42 Å². The van der Waals surface area contributed by atoms with Crippen molar-refractivity contribution in [2.24, 2.45) is 0 Å². The van der Waals surface area contributed by atoms with Crippen molar-refractivity contribution >= 4 is 64.8 Å². The van der Waals surface area contributed by atoms with E-state index >= 15 is 0 Å². The number of hydrogen-bond donors (Lipinski definition) is 0. The largest absolute Gasteiger partial charge is 0.304 e. The molecule has 0 atom stereocenters. The molecule has 0 unspecified atom stereocenters. The van der Waals surface area contributed by atoms with Crippen molar-refractivity contribution in [1.82, 2.24) is 4.57 Å². The zero-order valence-corrected chi connectivity index (χ0v) is 22.6. The van der Waals surface area contributed by atoms with Gasteiger partial charge in [0.15, 0.2) is 0 Å². The van der Waals surface area contributed by atoms with Crippen LogP contribution < -0.4 is 0 Å². The lowest BCUT2D eigenvalue weighted by Gasteiger charge is -2.06. The zero-order valence-electron chi connectivity index (χ0n) is 17.8. The molecular weight excluding hydrogens is 614 g/mol. The Morgan fingerprint density at radius 1 is 0.618 bits per heavy atom. The van der Waals surface area contributed by atoms with Gasteiger partial charge in [0, 0.05) is 26.4 Å². The van der Waals surface area contributed by atoms with Gasteiger partial charge in [-0.3, -0.25) is 0 Å². The van der Waals surface area contributed by atoms with Crippen LogP contribution in [0.5, 0.6) is 0 Å². The molecule has 1 aliphatic rings. The van der Waals surface area contributed by atoms with Gasteiger partial charge >= 0.3 is 0 Å². The first-order valence-electron chi connectivity index (χ1n) is 10.6. The zero-order chi connectivity index (χ0) is 23.0. The molecule has 0 amide bonds. The van der Waals surface area contributed by atoms with Crippen LogP contribution in [0.25, 0.3) is 22.7 Å². The second-order valence-corrected chi connectivity index (χ2v) is 10.2. The SMILES string of the molecule is BrC1=Cc2ccccc2C1.Brc1cc2ccccc2n1-c1ccccc1.Brc1ccccc1.C. The maximum Gasteiger partial charge on any atom is 0.0903 e. The molecule has 172 valence electrons. The van der Waals surface area contributed by atoms with Crippen molar-refractivity contribution in [2.45, 2.75) is 13.8 Å². The van der Waals surface area contributed by atoms with E-state index in [0.717, 1.165) is 15.5 Å². The highest BCUT2D eigenvalue weighted by atomic mass is 79.9. The summed E-state index contributed by atoms with van der Waals surface area (Å²) in [4.78, 5) is 0. The summed E-state index contributed by atoms with van der Waals surface area (Å²) in [7, 11) is 0. The first-order chi connectivity index (χ1) is 16.1. The van der Waals surface area contributed by atoms with Crippen molar-refractivity contribution in [1.29, 1.82) is 0 Å². The fraction of sp³-hybridized carbons (Fsp3) is 0.0667. The van der Waals surface area contributed by atoms with E-state index in [1.807, 2.05) is 36.4 Å². The Bertz CT molecular complexity index is 1360. The third-order valence-corrected chi connectivity index (χ3v) is 6.76. The second kappa shape index (κ2) is 12.9. The van der Waals surface area contributed by atoms with Gasteiger partial charge in [0.1, 0.15) is 0 Å². The van der Waals surface area contributed by atoms with Crippen molar-refractivity contribution in [2.75, 3.05) is 0 Å². The molecule has 1 aliphatic carbocycles. The molecule has 5 aromatic rings. The van der Waals surface area contributed by atoms with Crippen LogP contribution in [0.15, 0.2) is 129 Å². The molecule has 0 spiro atoms. The Kier molecular flexibility index (Phi) is 9.94. The van der Waals surface area contributed by atoms with Gasteiger partial charge in [-0.2, -0.15) is 0 Å². The predicted molar refractivity (Wildman–Crippen MR) is 159 cm³/mol. The molecule has 1 aromatic heterocycles. The summed E-state index contributed by atoms with van der Waals surface area (Å²) < 4.78 is 5.71. The van der Waals surface area contributed by atoms with E-state index < -0.39 is 0 Å². The van der Waals surface area contributed by atoms with Gasteiger partial charge in [-0.05, 0) is 69.5 Å². The summed E-state index contributed by atoms with van der Waals surface area (Å²) in [6.45, 7) is 0. The van der Waals surface area contributed by atoms with E-state index in [9.17, 15) is 0 Å². The Morgan fingerprint density at radius 3 is 1.85 bits per heavy atom. The minimum atomic E-state index is 0. The molecule has 1 heterocycles. The molecule has 0 N–H and O–H groups in total. The lowest BCUT2D eigenvalue weighted by molar-refractivity contribution is 1.09. The average molecular weight is 640 g/mol. The lowest BCUT2D eigenvalue weighted by Crippen LogP contribution is -1.92. The summed E-state index contributed by atoms with van der Waals surface area (Å²) >= 11 is 10.4. The van der Waals surface area contributed by atoms with Crippen molar-refractivity contribution in [3.63, 3.8) is 0 Å². The van der Waals surface area contributed by atoms with Gasteiger partial charge in [-0.1, -0.05) is 118 Å². The van der Waals surface area contributed by atoms with Gasteiger partial charge in [-0.25, -0.2) is 0 Å². The van der Waals surface area contributed by atoms with Crippen molar-refractivity contribution in [3.05, 3.63) is 140 Å². The van der Waals surface area contributed by atoms with Crippen LogP contribution in [0.2, 0.25) is 0 Å². The van der Waals surface area contributed by atoms with Gasteiger partial charge in [0.2, 0.25) is 0 Å². The van der Waals surface area contributed by atoms with E-state index in [0.29, 0.717) is 0 Å². The summed E-state index contributed by atoms with van der Waals surface area (Å²) in [6.07, 6.45) is 3.24. The normalized spacial score (nSPS) is 11.2. The van der Waals surface area contributed by atoms with Crippen LogP contribution in [0.3, 0.4) is 0 Å². The Hall–Kier alpha value is -2.40. The Balaban J connectivity index is 0.000000155. The van der Waals surface area contributed by atoms with Gasteiger partial charge in [0.05, 0.1) is 10.1 Å². The first kappa shape index (κ1) is 26.2. The van der Waals surface area contributed by atoms with E-state index in [2.05, 4.69) is 137 Å². The van der Waals surface area contributed by atoms with Crippen LogP contribution in [0, 0.1) is 0 Å². The quantitative estimate of drug-likeness (QED) is 0.172. The smallest absolute Gasteiger partial charge is 0.0903 e. The number of nitrogens with zero attached hydrogens (tertiary/aromatic N) is 1. The van der Waals surface area contributed by atoms with Crippen LogP contribution >= 0.6 is 47.8 Å². The number of halogens is 3. The monoisotopic (exact) mass is 637 g/mol. The van der Waals surface area contributed by atoms with Gasteiger partial charge in [-0.15, -0.1) is 0 Å². The van der Waals surface area contributed by atoms with Gasteiger partial charge in [0.25, 0.3) is 0 Å². The molecular formula is C30H26Br3N. The number of rotatable bonds is 1. The standard InChI is InChI=1S/C14H10BrN.C9H7Br.C6H5Br.CH4/c15-14-10-11-6-4-5-9-13(11)16(14)12-7-2-1-3-8-12;10-9-5-7-3-1-2-4-8(7)6-9;7-6-4-2-1-3-5-6;/h1-10H;1-5H,6H2;1-5H;1H4. The molecule has 1 nitrogen and oxygen atoms in total. The van der Waals surface area contributed by atoms with E-state index in [1.54, 1.807) is 0 Å². The summed E-state index contributed by atoms with van der Waals surface area (Å²) in [5, 5.41) is 1.25. The number of aromatic nitrogens is 1. The highest BCUT2D eigenvalue weighted by Crippen LogP contribution is 2.28. The Morgan fingerprint density at radius 2 is 1.21 bits per heavy atom. The second-order valence-electron chi connectivity index (χ2n) is 7.46. The molecule has 6 rings (SSSR count). The fourth-order valence-electron chi connectivity index (χ4n) is 3.61. The summed E-state index contributed by atoms with van der Waals surface area (Å²) in [5.41, 5.74) is 5.18. The highest BCUT2D eigenvalue weighted by molar-refractivity contribution is 9.11. The minimum Gasteiger partial charge on any atom is -0.304 e. The molecule has 0 fully saturated rings. The third-order valence-electron chi connectivity index (χ3n) is 5.14. The van der Waals surface area contributed by atoms with E-state index in [1.165, 1.54) is 32.2 Å². The molecule has 4 aromatic carbocycles. The third kappa shape index (κ3) is 6.82. The number of benzene rings is 4. The molecule has 34 heavy (non-hydrogen) atoms. The Labute approximate surface area is 227 Å². The maximum absolute atomic E-state index is 3.61. The number of hydrogen-bond acceptors (Lipinski definition) is 0. The molecule has 0 bridgehead atoms. The first-order valence-corrected chi connectivity index (χ1v) is 13.0. The average Bonchev–Trinajstić information content (AvgIpc) is 3.39. The molecule has 0 radical (unpaired) electrons. The molecule has 0 saturated carbocycles. The molecule has 4 heteroatoms. The number of fused-ring (bicyclic) bond motifs is 2. The molecule has 0 saturated heterocycles. The summed E-state index contributed by atoms with van der Waals surface area (Å²) in [6, 6.07) is 39.3. The predicted octanol–water partition coefficient (Wildman–Crippen LogP) is 10.5. The highest BCUT2D eigenvalue weighted by Gasteiger charge is 2.08. The minimum absolute atomic E-state index is 0. The van der Waals surface area contributed by atoms with E-state index in [-0.39, 0.29) is 7.43 Å². The topological polar surface area (TPSA) is 4.93 Å². The lowest BCUT2D eigenvalue weighted by atomic mass is 10.1. The van der Waals surface area contributed by atoms with Crippen LogP contribution in [-0.4, -0.2) is 4.57 Å². The van der Waals surface area contributed by atoms with Gasteiger partial charge < -0.3 is 4.57 Å². The summed E-state index contributed by atoms with van der Waals surface area (Å²) in [5.74, 6) is 0. The number of para-hydroxylation sites is 2. The van der Waals surface area contributed by atoms with Crippen molar-refractivity contribution in [3.8, 4) is 5.69 Å². The van der Waals surface area contributed by atoms with Crippen LogP contribution in [0.4, 0.5) is 0 Å². The van der Waals surface area contributed by atoms with Crippen LogP contribution in [0.1, 0.15) is 18.6 Å². The number of allylic oxidation sites excluding steroid dienone is 1. The maximum atomic E-state index is 3.61. The molecule has 0 aliphatic heterocycles. The fourth-order valence-corrected chi connectivity index (χ4v) is 5.11. The van der Waals surface area contributed by atoms with Crippen molar-refractivity contribution < 1.29 is 0 Å². The van der Waals surface area contributed by atoms with E-state index in [4.69, 9.17) is 0 Å².